The van der Waals surface area contributed by atoms with Gasteiger partial charge in [0.05, 0.1) is 4.34 Å². The first-order valence-electron chi connectivity index (χ1n) is 3.73. The number of carboxylic acids is 1. The molecule has 1 aromatic rings. The number of hydrogen-bond donors (Lipinski definition) is 1. The molecular weight excluding hydrogens is 234 g/mol. The highest BCUT2D eigenvalue weighted by Crippen LogP contribution is 2.29. The zero-order valence-electron chi connectivity index (χ0n) is 6.97. The molecule has 0 atom stereocenters. The molecule has 1 heterocycles. The van der Waals surface area contributed by atoms with Gasteiger partial charge in [0.25, 0.3) is 5.92 Å². The third kappa shape index (κ3) is 3.59. The average molecular weight is 241 g/mol. The van der Waals surface area contributed by atoms with E-state index in [4.69, 9.17) is 16.7 Å². The molecule has 0 bridgehead atoms. The molecule has 0 spiro atoms. The van der Waals surface area contributed by atoms with Crippen molar-refractivity contribution in [1.29, 1.82) is 0 Å². The Morgan fingerprint density at radius 2 is 2.21 bits per heavy atom. The van der Waals surface area contributed by atoms with Crippen LogP contribution in [0.4, 0.5) is 8.78 Å². The van der Waals surface area contributed by atoms with Crippen molar-refractivity contribution in [2.24, 2.45) is 0 Å². The molecule has 0 saturated carbocycles. The number of alkyl halides is 2. The maximum absolute atomic E-state index is 13.0. The minimum absolute atomic E-state index is 0.390. The second kappa shape index (κ2) is 4.23. The number of thiophene rings is 1. The fourth-order valence-corrected chi connectivity index (χ4v) is 2.15. The van der Waals surface area contributed by atoms with E-state index >= 15 is 0 Å². The molecule has 0 unspecified atom stereocenters. The zero-order valence-corrected chi connectivity index (χ0v) is 8.54. The fraction of sp³-hybridized carbons (Fsp3) is 0.375. The standard InChI is InChI=1S/C8H7ClF2O2S/c9-6-2-1-5(14-6)3-8(10,11)4-7(12)13/h1-2H,3-4H2,(H,12,13). The summed E-state index contributed by atoms with van der Waals surface area (Å²) in [6.07, 6.45) is -1.72. The van der Waals surface area contributed by atoms with Crippen LogP contribution >= 0.6 is 22.9 Å². The largest absolute Gasteiger partial charge is 0.481 e. The van der Waals surface area contributed by atoms with Gasteiger partial charge in [0.2, 0.25) is 0 Å². The van der Waals surface area contributed by atoms with Crippen LogP contribution in [-0.4, -0.2) is 17.0 Å². The van der Waals surface area contributed by atoms with Gasteiger partial charge in [-0.1, -0.05) is 11.6 Å². The van der Waals surface area contributed by atoms with Crippen molar-refractivity contribution < 1.29 is 18.7 Å². The third-order valence-electron chi connectivity index (χ3n) is 1.47. The Balaban J connectivity index is 2.63. The van der Waals surface area contributed by atoms with Crippen LogP contribution in [0.15, 0.2) is 12.1 Å². The zero-order chi connectivity index (χ0) is 10.8. The van der Waals surface area contributed by atoms with E-state index in [1.54, 1.807) is 0 Å². The van der Waals surface area contributed by atoms with E-state index in [9.17, 15) is 13.6 Å². The summed E-state index contributed by atoms with van der Waals surface area (Å²) in [5.74, 6) is -4.71. The summed E-state index contributed by atoms with van der Waals surface area (Å²) >= 11 is 6.59. The lowest BCUT2D eigenvalue weighted by Gasteiger charge is -2.11. The second-order valence-electron chi connectivity index (χ2n) is 2.81. The maximum Gasteiger partial charge on any atom is 0.309 e. The summed E-state index contributed by atoms with van der Waals surface area (Å²) in [5.41, 5.74) is 0. The molecule has 0 saturated heterocycles. The molecule has 0 fully saturated rings. The smallest absolute Gasteiger partial charge is 0.309 e. The number of carboxylic acid groups (broad SMARTS) is 1. The van der Waals surface area contributed by atoms with Crippen LogP contribution in [0.1, 0.15) is 11.3 Å². The molecule has 1 N–H and O–H groups in total. The van der Waals surface area contributed by atoms with Crippen LogP contribution in [-0.2, 0) is 11.2 Å². The Morgan fingerprint density at radius 1 is 1.57 bits per heavy atom. The lowest BCUT2D eigenvalue weighted by atomic mass is 10.1. The maximum atomic E-state index is 13.0. The lowest BCUT2D eigenvalue weighted by molar-refractivity contribution is -0.144. The van der Waals surface area contributed by atoms with Crippen molar-refractivity contribution in [2.45, 2.75) is 18.8 Å². The molecular formula is C8H7ClF2O2S. The molecule has 0 aliphatic heterocycles. The number of halogens is 3. The molecule has 1 rings (SSSR count). The van der Waals surface area contributed by atoms with E-state index in [-0.39, 0.29) is 0 Å². The highest BCUT2D eigenvalue weighted by molar-refractivity contribution is 7.16. The third-order valence-corrected chi connectivity index (χ3v) is 2.70. The summed E-state index contributed by atoms with van der Waals surface area (Å²) in [4.78, 5) is 10.5. The Morgan fingerprint density at radius 3 is 2.64 bits per heavy atom. The van der Waals surface area contributed by atoms with Gasteiger partial charge < -0.3 is 5.11 Å². The average Bonchev–Trinajstić information content (AvgIpc) is 2.30. The van der Waals surface area contributed by atoms with Gasteiger partial charge >= 0.3 is 5.97 Å². The van der Waals surface area contributed by atoms with Gasteiger partial charge in [-0.25, -0.2) is 8.78 Å². The van der Waals surface area contributed by atoms with Crippen molar-refractivity contribution in [1.82, 2.24) is 0 Å². The molecule has 6 heteroatoms. The summed E-state index contributed by atoms with van der Waals surface area (Å²) < 4.78 is 26.3. The van der Waals surface area contributed by atoms with Gasteiger partial charge in [-0.2, -0.15) is 0 Å². The highest BCUT2D eigenvalue weighted by atomic mass is 35.5. The number of carbonyl (C=O) groups is 1. The first-order chi connectivity index (χ1) is 6.39. The molecule has 0 aliphatic rings. The fourth-order valence-electron chi connectivity index (χ4n) is 0.985. The topological polar surface area (TPSA) is 37.3 Å². The number of aliphatic carboxylic acids is 1. The minimum Gasteiger partial charge on any atom is -0.481 e. The van der Waals surface area contributed by atoms with Gasteiger partial charge in [0.15, 0.2) is 0 Å². The Bertz CT molecular complexity index is 338. The van der Waals surface area contributed by atoms with Crippen LogP contribution in [0.3, 0.4) is 0 Å². The molecule has 14 heavy (non-hydrogen) atoms. The van der Waals surface area contributed by atoms with Crippen molar-refractivity contribution >= 4 is 28.9 Å². The van der Waals surface area contributed by atoms with Crippen molar-refractivity contribution in [2.75, 3.05) is 0 Å². The van der Waals surface area contributed by atoms with Crippen LogP contribution in [0.25, 0.3) is 0 Å². The van der Waals surface area contributed by atoms with Gasteiger partial charge in [-0.05, 0) is 12.1 Å². The van der Waals surface area contributed by atoms with E-state index in [0.29, 0.717) is 9.21 Å². The first kappa shape index (κ1) is 11.4. The Kier molecular flexibility index (Phi) is 3.44. The van der Waals surface area contributed by atoms with E-state index in [0.717, 1.165) is 11.3 Å². The summed E-state index contributed by atoms with van der Waals surface area (Å²) in [6, 6.07) is 2.99. The Hall–Kier alpha value is -0.680. The quantitative estimate of drug-likeness (QED) is 0.878. The summed E-state index contributed by atoms with van der Waals surface area (Å²) in [7, 11) is 0. The molecule has 0 radical (unpaired) electrons. The number of hydrogen-bond acceptors (Lipinski definition) is 2. The SMILES string of the molecule is O=C(O)CC(F)(F)Cc1ccc(Cl)s1. The van der Waals surface area contributed by atoms with E-state index in [2.05, 4.69) is 0 Å². The van der Waals surface area contributed by atoms with Gasteiger partial charge in [-0.15, -0.1) is 11.3 Å². The lowest BCUT2D eigenvalue weighted by Crippen LogP contribution is -2.23. The van der Waals surface area contributed by atoms with Crippen LogP contribution < -0.4 is 0 Å². The monoisotopic (exact) mass is 240 g/mol. The predicted octanol–water partition coefficient (Wildman–Crippen LogP) is 3.05. The minimum atomic E-state index is -3.21. The summed E-state index contributed by atoms with van der Waals surface area (Å²) in [5, 5.41) is 8.23. The highest BCUT2D eigenvalue weighted by Gasteiger charge is 2.32. The molecule has 0 aromatic carbocycles. The van der Waals surface area contributed by atoms with E-state index in [1.165, 1.54) is 12.1 Å². The van der Waals surface area contributed by atoms with Crippen LogP contribution in [0.5, 0.6) is 0 Å². The van der Waals surface area contributed by atoms with Crippen molar-refractivity contribution in [3.05, 3.63) is 21.3 Å². The van der Waals surface area contributed by atoms with Crippen molar-refractivity contribution in [3.63, 3.8) is 0 Å². The van der Waals surface area contributed by atoms with Crippen molar-refractivity contribution in [3.8, 4) is 0 Å². The van der Waals surface area contributed by atoms with Gasteiger partial charge in [-0.3, -0.25) is 4.79 Å². The molecule has 78 valence electrons. The molecule has 0 aliphatic carbocycles. The summed E-state index contributed by atoms with van der Waals surface area (Å²) in [6.45, 7) is 0. The number of rotatable bonds is 4. The van der Waals surface area contributed by atoms with E-state index < -0.39 is 24.7 Å². The van der Waals surface area contributed by atoms with Crippen LogP contribution in [0.2, 0.25) is 4.34 Å². The first-order valence-corrected chi connectivity index (χ1v) is 4.92. The predicted molar refractivity (Wildman–Crippen MR) is 50.2 cm³/mol. The van der Waals surface area contributed by atoms with Crippen LogP contribution in [0, 0.1) is 0 Å². The second-order valence-corrected chi connectivity index (χ2v) is 4.61. The van der Waals surface area contributed by atoms with E-state index in [1.807, 2.05) is 0 Å². The molecule has 2 nitrogen and oxygen atoms in total. The molecule has 1 aromatic heterocycles. The Labute approximate surface area is 88.1 Å². The molecule has 0 amide bonds. The normalized spacial score (nSPS) is 11.6. The van der Waals surface area contributed by atoms with Gasteiger partial charge in [0, 0.05) is 11.3 Å². The van der Waals surface area contributed by atoms with Gasteiger partial charge in [0.1, 0.15) is 6.42 Å².